The van der Waals surface area contributed by atoms with E-state index in [-0.39, 0.29) is 34.8 Å². The maximum Gasteiger partial charge on any atom is 0.280 e. The van der Waals surface area contributed by atoms with Crippen LogP contribution in [-0.2, 0) is 17.9 Å². The lowest BCUT2D eigenvalue weighted by molar-refractivity contribution is -0.117. The Kier molecular flexibility index (Phi) is 5.31. The van der Waals surface area contributed by atoms with Gasteiger partial charge in [0.1, 0.15) is 23.1 Å². The molecule has 1 fully saturated rings. The summed E-state index contributed by atoms with van der Waals surface area (Å²) in [7, 11) is 0. The molecule has 10 heteroatoms. The molecular weight excluding hydrogens is 407 g/mol. The van der Waals surface area contributed by atoms with Crippen LogP contribution >= 0.6 is 11.6 Å². The number of alkyl halides is 2. The summed E-state index contributed by atoms with van der Waals surface area (Å²) in [5.41, 5.74) is 1.11. The minimum Gasteiger partial charge on any atom is -0.306 e. The summed E-state index contributed by atoms with van der Waals surface area (Å²) >= 11 is 6.12. The first-order chi connectivity index (χ1) is 13.9. The largest absolute Gasteiger partial charge is 0.306 e. The van der Waals surface area contributed by atoms with E-state index in [9.17, 15) is 18.0 Å². The molecule has 152 valence electrons. The molecule has 1 N–H and O–H groups in total. The van der Waals surface area contributed by atoms with E-state index >= 15 is 0 Å². The van der Waals surface area contributed by atoms with Gasteiger partial charge < -0.3 is 5.32 Å². The number of nitrogens with zero attached hydrogens (tertiary/aromatic N) is 4. The van der Waals surface area contributed by atoms with Gasteiger partial charge in [-0.3, -0.25) is 14.2 Å². The van der Waals surface area contributed by atoms with Crippen molar-refractivity contribution in [1.82, 2.24) is 19.6 Å². The fourth-order valence-corrected chi connectivity index (χ4v) is 3.18. The Bertz CT molecular complexity index is 1030. The van der Waals surface area contributed by atoms with Crippen molar-refractivity contribution in [2.75, 3.05) is 5.32 Å². The second-order valence-electron chi connectivity index (χ2n) is 6.92. The SMILES string of the molecule is O=C(Cn1nc(C2CC2)cc1C(F)F)Nc1nn(Cc2ccc(F)cc2)cc1Cl. The van der Waals surface area contributed by atoms with E-state index in [1.807, 2.05) is 0 Å². The van der Waals surface area contributed by atoms with E-state index in [0.717, 1.165) is 23.1 Å². The highest BCUT2D eigenvalue weighted by molar-refractivity contribution is 6.33. The van der Waals surface area contributed by atoms with Crippen LogP contribution in [-0.4, -0.2) is 25.5 Å². The molecule has 0 saturated heterocycles. The van der Waals surface area contributed by atoms with Gasteiger partial charge in [-0.25, -0.2) is 13.2 Å². The number of aromatic nitrogens is 4. The maximum absolute atomic E-state index is 13.2. The van der Waals surface area contributed by atoms with Crippen molar-refractivity contribution in [1.29, 1.82) is 0 Å². The number of nitrogens with one attached hydrogen (secondary N) is 1. The predicted molar refractivity (Wildman–Crippen MR) is 101 cm³/mol. The van der Waals surface area contributed by atoms with E-state index in [1.54, 1.807) is 12.1 Å². The molecule has 1 aliphatic rings. The summed E-state index contributed by atoms with van der Waals surface area (Å²) in [6.45, 7) is -0.0388. The summed E-state index contributed by atoms with van der Waals surface area (Å²) in [4.78, 5) is 12.3. The van der Waals surface area contributed by atoms with Crippen LogP contribution in [0.5, 0.6) is 0 Å². The molecular formula is C19H17ClF3N5O. The van der Waals surface area contributed by atoms with Crippen LogP contribution in [0.2, 0.25) is 5.02 Å². The zero-order valence-electron chi connectivity index (χ0n) is 15.2. The first-order valence-electron chi connectivity index (χ1n) is 9.02. The summed E-state index contributed by atoms with van der Waals surface area (Å²) < 4.78 is 42.0. The number of amides is 1. The van der Waals surface area contributed by atoms with Crippen LogP contribution in [0.25, 0.3) is 0 Å². The average molecular weight is 424 g/mol. The Morgan fingerprint density at radius 2 is 1.97 bits per heavy atom. The minimum atomic E-state index is -2.72. The standard InChI is InChI=1S/C19H17ClF3N5O/c20-14-9-27(8-11-1-5-13(21)6-2-11)26-19(14)24-17(29)10-28-16(18(22)23)7-15(25-28)12-3-4-12/h1-2,5-7,9,12,18H,3-4,8,10H2,(H,24,26,29). The van der Waals surface area contributed by atoms with Gasteiger partial charge in [0.2, 0.25) is 5.91 Å². The molecule has 6 nitrogen and oxygen atoms in total. The van der Waals surface area contributed by atoms with Gasteiger partial charge in [0.05, 0.1) is 12.2 Å². The van der Waals surface area contributed by atoms with E-state index in [4.69, 9.17) is 11.6 Å². The quantitative estimate of drug-likeness (QED) is 0.613. The van der Waals surface area contributed by atoms with Crippen molar-refractivity contribution in [2.24, 2.45) is 0 Å². The third-order valence-corrected chi connectivity index (χ3v) is 4.85. The Morgan fingerprint density at radius 3 is 2.62 bits per heavy atom. The highest BCUT2D eigenvalue weighted by Crippen LogP contribution is 2.40. The monoisotopic (exact) mass is 423 g/mol. The molecule has 0 unspecified atom stereocenters. The van der Waals surface area contributed by atoms with Crippen molar-refractivity contribution in [2.45, 2.75) is 38.3 Å². The topological polar surface area (TPSA) is 64.7 Å². The third kappa shape index (κ3) is 4.61. The first-order valence-corrected chi connectivity index (χ1v) is 9.40. The van der Waals surface area contributed by atoms with Gasteiger partial charge in [-0.05, 0) is 36.6 Å². The second kappa shape index (κ2) is 7.90. The summed E-state index contributed by atoms with van der Waals surface area (Å²) in [5.74, 6) is -0.585. The van der Waals surface area contributed by atoms with Crippen molar-refractivity contribution in [3.05, 3.63) is 64.3 Å². The molecule has 0 spiro atoms. The molecule has 0 radical (unpaired) electrons. The van der Waals surface area contributed by atoms with Crippen molar-refractivity contribution in [3.8, 4) is 0 Å². The fraction of sp³-hybridized carbons (Fsp3) is 0.316. The number of rotatable bonds is 7. The molecule has 1 aliphatic carbocycles. The van der Waals surface area contributed by atoms with E-state index in [2.05, 4.69) is 15.5 Å². The van der Waals surface area contributed by atoms with Crippen LogP contribution in [0.15, 0.2) is 36.5 Å². The van der Waals surface area contributed by atoms with Crippen LogP contribution in [0.1, 0.15) is 42.1 Å². The van der Waals surface area contributed by atoms with Gasteiger partial charge in [-0.15, -0.1) is 0 Å². The molecule has 1 saturated carbocycles. The molecule has 1 aromatic carbocycles. The lowest BCUT2D eigenvalue weighted by atomic mass is 10.2. The van der Waals surface area contributed by atoms with Gasteiger partial charge in [-0.2, -0.15) is 10.2 Å². The summed E-state index contributed by atoms with van der Waals surface area (Å²) in [6.07, 6.45) is 0.644. The Hall–Kier alpha value is -2.81. The number of halogens is 4. The Morgan fingerprint density at radius 1 is 1.24 bits per heavy atom. The van der Waals surface area contributed by atoms with Crippen LogP contribution in [0, 0.1) is 5.82 Å². The van der Waals surface area contributed by atoms with Gasteiger partial charge in [0.15, 0.2) is 5.82 Å². The molecule has 2 heterocycles. The van der Waals surface area contributed by atoms with E-state index in [0.29, 0.717) is 12.2 Å². The number of anilines is 1. The van der Waals surface area contributed by atoms with Crippen LogP contribution in [0.4, 0.5) is 19.0 Å². The molecule has 1 amide bonds. The zero-order valence-corrected chi connectivity index (χ0v) is 15.9. The van der Waals surface area contributed by atoms with Crippen molar-refractivity contribution in [3.63, 3.8) is 0 Å². The number of hydrogen-bond acceptors (Lipinski definition) is 3. The van der Waals surface area contributed by atoms with Crippen molar-refractivity contribution < 1.29 is 18.0 Å². The normalized spacial score (nSPS) is 13.8. The highest BCUT2D eigenvalue weighted by atomic mass is 35.5. The lowest BCUT2D eigenvalue weighted by Gasteiger charge is -2.07. The lowest BCUT2D eigenvalue weighted by Crippen LogP contribution is -2.21. The molecule has 3 aromatic rings. The number of hydrogen-bond donors (Lipinski definition) is 1. The zero-order chi connectivity index (χ0) is 20.5. The van der Waals surface area contributed by atoms with Gasteiger partial charge in [0.25, 0.3) is 6.43 Å². The Balaban J connectivity index is 1.43. The molecule has 2 aromatic heterocycles. The predicted octanol–water partition coefficient (Wildman–Crippen LogP) is 4.37. The Labute approximate surface area is 169 Å². The molecule has 4 rings (SSSR count). The van der Waals surface area contributed by atoms with E-state index < -0.39 is 12.3 Å². The van der Waals surface area contributed by atoms with Crippen molar-refractivity contribution >= 4 is 23.3 Å². The number of carbonyl (C=O) groups excluding carboxylic acids is 1. The van der Waals surface area contributed by atoms with Gasteiger partial charge in [-0.1, -0.05) is 23.7 Å². The van der Waals surface area contributed by atoms with Gasteiger partial charge >= 0.3 is 0 Å². The molecule has 0 aliphatic heterocycles. The second-order valence-corrected chi connectivity index (χ2v) is 7.33. The molecule has 0 atom stereocenters. The minimum absolute atomic E-state index is 0.118. The van der Waals surface area contributed by atoms with Crippen LogP contribution < -0.4 is 5.32 Å². The average Bonchev–Trinajstić information content (AvgIpc) is 3.35. The maximum atomic E-state index is 13.2. The summed E-state index contributed by atoms with van der Waals surface area (Å²) in [6, 6.07) is 7.27. The fourth-order valence-electron chi connectivity index (χ4n) is 2.98. The molecule has 29 heavy (non-hydrogen) atoms. The first kappa shape index (κ1) is 19.5. The van der Waals surface area contributed by atoms with Crippen LogP contribution in [0.3, 0.4) is 0 Å². The smallest absolute Gasteiger partial charge is 0.280 e. The molecule has 0 bridgehead atoms. The number of carbonyl (C=O) groups is 1. The summed E-state index contributed by atoms with van der Waals surface area (Å²) in [5, 5.41) is 11.1. The number of benzene rings is 1. The highest BCUT2D eigenvalue weighted by Gasteiger charge is 2.29. The van der Waals surface area contributed by atoms with Gasteiger partial charge in [0, 0.05) is 12.1 Å². The third-order valence-electron chi connectivity index (χ3n) is 4.58. The van der Waals surface area contributed by atoms with E-state index in [1.165, 1.54) is 29.1 Å².